The molecular formula is C25H32N8. The minimum Gasteiger partial charge on any atom is -0.404 e. The van der Waals surface area contributed by atoms with E-state index in [1.807, 2.05) is 55.7 Å². The standard InChI is InChI=1S/C25H32N8/c1-4-29-15-20(25(28)17-6-5-9-30-13-17)19-10-22-21(31-14-19)7-8-24(32-22)33-23(27)11-18(12-26)16(2)3/h5-16,25,29H,4,26-28H2,1-3H3,(H,32,33)/b18-12+,20-15-,23-11+. The summed E-state index contributed by atoms with van der Waals surface area (Å²) in [5.41, 5.74) is 23.6. The number of pyridine rings is 3. The fourth-order valence-electron chi connectivity index (χ4n) is 3.31. The van der Waals surface area contributed by atoms with Gasteiger partial charge < -0.3 is 27.8 Å². The van der Waals surface area contributed by atoms with Crippen LogP contribution < -0.4 is 27.8 Å². The Bertz CT molecular complexity index is 1170. The Hall–Kier alpha value is -3.91. The quantitative estimate of drug-likeness (QED) is 0.316. The van der Waals surface area contributed by atoms with Crippen LogP contribution in [-0.2, 0) is 0 Å². The number of nitrogens with two attached hydrogens (primary N) is 3. The maximum Gasteiger partial charge on any atom is 0.132 e. The molecule has 8 heteroatoms. The molecule has 0 bridgehead atoms. The maximum absolute atomic E-state index is 6.59. The first-order valence-electron chi connectivity index (χ1n) is 10.9. The number of anilines is 1. The van der Waals surface area contributed by atoms with Gasteiger partial charge in [0.15, 0.2) is 0 Å². The van der Waals surface area contributed by atoms with E-state index in [0.29, 0.717) is 11.6 Å². The third kappa shape index (κ3) is 6.08. The fourth-order valence-corrected chi connectivity index (χ4v) is 3.31. The Morgan fingerprint density at radius 1 is 1.15 bits per heavy atom. The van der Waals surface area contributed by atoms with Gasteiger partial charge in [-0.25, -0.2) is 4.98 Å². The van der Waals surface area contributed by atoms with Gasteiger partial charge in [-0.05, 0) is 66.1 Å². The first kappa shape index (κ1) is 23.7. The fraction of sp³-hybridized carbons (Fsp3) is 0.240. The predicted octanol–water partition coefficient (Wildman–Crippen LogP) is 3.39. The van der Waals surface area contributed by atoms with Gasteiger partial charge in [-0.1, -0.05) is 19.9 Å². The number of nitrogens with zero attached hydrogens (tertiary/aromatic N) is 3. The van der Waals surface area contributed by atoms with Crippen LogP contribution in [0.2, 0.25) is 0 Å². The van der Waals surface area contributed by atoms with Crippen molar-refractivity contribution in [2.75, 3.05) is 11.9 Å². The molecule has 33 heavy (non-hydrogen) atoms. The molecule has 8 nitrogen and oxygen atoms in total. The first-order chi connectivity index (χ1) is 15.9. The number of hydrogen-bond acceptors (Lipinski definition) is 8. The average Bonchev–Trinajstić information content (AvgIpc) is 2.82. The van der Waals surface area contributed by atoms with Gasteiger partial charge in [0.05, 0.1) is 17.1 Å². The van der Waals surface area contributed by atoms with Gasteiger partial charge in [0.1, 0.15) is 11.6 Å². The van der Waals surface area contributed by atoms with Crippen molar-refractivity contribution < 1.29 is 0 Å². The van der Waals surface area contributed by atoms with Crippen LogP contribution >= 0.6 is 0 Å². The Kier molecular flexibility index (Phi) is 7.99. The topological polar surface area (TPSA) is 141 Å². The molecule has 1 unspecified atom stereocenters. The number of aromatic nitrogens is 3. The van der Waals surface area contributed by atoms with Crippen molar-refractivity contribution in [3.63, 3.8) is 0 Å². The van der Waals surface area contributed by atoms with Crippen LogP contribution in [0.25, 0.3) is 16.6 Å². The highest BCUT2D eigenvalue weighted by Gasteiger charge is 2.16. The van der Waals surface area contributed by atoms with Crippen LogP contribution in [0, 0.1) is 5.92 Å². The van der Waals surface area contributed by atoms with Gasteiger partial charge in [-0.2, -0.15) is 0 Å². The van der Waals surface area contributed by atoms with Gasteiger partial charge in [0.25, 0.3) is 0 Å². The van der Waals surface area contributed by atoms with Gasteiger partial charge in [0.2, 0.25) is 0 Å². The molecule has 3 aromatic rings. The summed E-state index contributed by atoms with van der Waals surface area (Å²) in [7, 11) is 0. The molecule has 0 aromatic carbocycles. The second kappa shape index (κ2) is 11.1. The van der Waals surface area contributed by atoms with Crippen molar-refractivity contribution in [3.05, 3.63) is 89.9 Å². The first-order valence-corrected chi connectivity index (χ1v) is 10.9. The number of fused-ring (bicyclic) bond motifs is 1. The van der Waals surface area contributed by atoms with E-state index in [0.717, 1.165) is 39.9 Å². The highest BCUT2D eigenvalue weighted by Crippen LogP contribution is 2.28. The van der Waals surface area contributed by atoms with Crippen LogP contribution in [0.15, 0.2) is 78.8 Å². The zero-order valence-corrected chi connectivity index (χ0v) is 19.3. The Balaban J connectivity index is 1.95. The number of hydrogen-bond donors (Lipinski definition) is 5. The summed E-state index contributed by atoms with van der Waals surface area (Å²) in [4.78, 5) is 13.5. The minimum atomic E-state index is -0.366. The monoisotopic (exact) mass is 444 g/mol. The normalized spacial score (nSPS) is 13.9. The molecule has 0 amide bonds. The predicted molar refractivity (Wildman–Crippen MR) is 135 cm³/mol. The molecule has 172 valence electrons. The Morgan fingerprint density at radius 2 is 1.97 bits per heavy atom. The highest BCUT2D eigenvalue weighted by atomic mass is 15.1. The third-order valence-electron chi connectivity index (χ3n) is 5.16. The van der Waals surface area contributed by atoms with E-state index in [1.54, 1.807) is 18.6 Å². The lowest BCUT2D eigenvalue weighted by Crippen LogP contribution is -2.16. The average molecular weight is 445 g/mol. The summed E-state index contributed by atoms with van der Waals surface area (Å²) in [6.07, 6.45) is 10.6. The van der Waals surface area contributed by atoms with Gasteiger partial charge in [-0.3, -0.25) is 9.97 Å². The van der Waals surface area contributed by atoms with Crippen molar-refractivity contribution in [1.29, 1.82) is 0 Å². The largest absolute Gasteiger partial charge is 0.404 e. The third-order valence-corrected chi connectivity index (χ3v) is 5.16. The van der Waals surface area contributed by atoms with Crippen molar-refractivity contribution in [2.24, 2.45) is 23.1 Å². The van der Waals surface area contributed by atoms with E-state index < -0.39 is 0 Å². The number of nitrogens with one attached hydrogen (secondary N) is 2. The number of allylic oxidation sites excluding steroid dienone is 2. The van der Waals surface area contributed by atoms with Crippen LogP contribution in [0.1, 0.15) is 37.9 Å². The minimum absolute atomic E-state index is 0.262. The summed E-state index contributed by atoms with van der Waals surface area (Å²) in [5.74, 6) is 1.34. The smallest absolute Gasteiger partial charge is 0.132 e. The molecule has 0 fully saturated rings. The van der Waals surface area contributed by atoms with Crippen molar-refractivity contribution in [2.45, 2.75) is 26.8 Å². The van der Waals surface area contributed by atoms with Gasteiger partial charge in [0, 0.05) is 36.9 Å². The molecule has 0 spiro atoms. The van der Waals surface area contributed by atoms with Crippen LogP contribution in [0.4, 0.5) is 5.82 Å². The lowest BCUT2D eigenvalue weighted by Gasteiger charge is -2.17. The van der Waals surface area contributed by atoms with E-state index in [2.05, 4.69) is 34.4 Å². The maximum atomic E-state index is 6.59. The van der Waals surface area contributed by atoms with Crippen molar-refractivity contribution >= 4 is 22.4 Å². The van der Waals surface area contributed by atoms with Crippen LogP contribution in [0.5, 0.6) is 0 Å². The molecule has 0 aliphatic heterocycles. The van der Waals surface area contributed by atoms with E-state index in [1.165, 1.54) is 0 Å². The molecule has 0 saturated carbocycles. The molecule has 3 rings (SSSR count). The molecule has 0 aliphatic rings. The summed E-state index contributed by atoms with van der Waals surface area (Å²) in [6, 6.07) is 9.19. The molecule has 1 atom stereocenters. The zero-order valence-electron chi connectivity index (χ0n) is 19.3. The molecule has 3 heterocycles. The Morgan fingerprint density at radius 3 is 2.64 bits per heavy atom. The van der Waals surface area contributed by atoms with Crippen molar-refractivity contribution in [3.8, 4) is 0 Å². The summed E-state index contributed by atoms with van der Waals surface area (Å²) < 4.78 is 0. The lowest BCUT2D eigenvalue weighted by atomic mass is 9.96. The molecule has 8 N–H and O–H groups in total. The Labute approximate surface area is 194 Å². The van der Waals surface area contributed by atoms with E-state index in [9.17, 15) is 0 Å². The van der Waals surface area contributed by atoms with E-state index >= 15 is 0 Å². The van der Waals surface area contributed by atoms with Gasteiger partial charge in [-0.15, -0.1) is 0 Å². The zero-order chi connectivity index (χ0) is 23.8. The molecular weight excluding hydrogens is 412 g/mol. The van der Waals surface area contributed by atoms with Gasteiger partial charge >= 0.3 is 0 Å². The summed E-state index contributed by atoms with van der Waals surface area (Å²) >= 11 is 0. The second-order valence-electron chi connectivity index (χ2n) is 7.93. The molecule has 0 saturated heterocycles. The SMILES string of the molecule is CCN/C=C(/c1cnc2ccc(N/C(N)=C/C(=C\N)C(C)C)nc2c1)C(N)c1cccnc1. The van der Waals surface area contributed by atoms with E-state index in [-0.39, 0.29) is 12.0 Å². The molecule has 0 aliphatic carbocycles. The summed E-state index contributed by atoms with van der Waals surface area (Å²) in [6.45, 7) is 6.92. The molecule has 0 radical (unpaired) electrons. The van der Waals surface area contributed by atoms with Crippen LogP contribution in [-0.4, -0.2) is 21.5 Å². The van der Waals surface area contributed by atoms with Crippen molar-refractivity contribution in [1.82, 2.24) is 20.3 Å². The second-order valence-corrected chi connectivity index (χ2v) is 7.93. The van der Waals surface area contributed by atoms with E-state index in [4.69, 9.17) is 22.2 Å². The highest BCUT2D eigenvalue weighted by molar-refractivity contribution is 5.82. The summed E-state index contributed by atoms with van der Waals surface area (Å²) in [5, 5.41) is 6.38. The molecule has 3 aromatic heterocycles. The lowest BCUT2D eigenvalue weighted by molar-refractivity contribution is 0.786. The van der Waals surface area contributed by atoms with Crippen LogP contribution in [0.3, 0.4) is 0 Å². The number of rotatable bonds is 9.